The number of hydrogen-bond donors (Lipinski definition) is 0. The monoisotopic (exact) mass is 991 g/mol. The molecule has 0 aliphatic rings. The van der Waals surface area contributed by atoms with Gasteiger partial charge in [-0.15, -0.1) is 18.6 Å². The first kappa shape index (κ1) is 64.1. The molecule has 69 heavy (non-hydrogen) atoms. The van der Waals surface area contributed by atoms with Gasteiger partial charge < -0.3 is 14.5 Å². The van der Waals surface area contributed by atoms with Crippen molar-refractivity contribution in [1.82, 2.24) is 4.98 Å². The largest absolute Gasteiger partial charge is 0.494 e. The fourth-order valence-corrected chi connectivity index (χ4v) is 9.02. The van der Waals surface area contributed by atoms with Crippen molar-refractivity contribution in [2.24, 2.45) is 9.98 Å². The summed E-state index contributed by atoms with van der Waals surface area (Å²) >= 11 is 0. The number of rotatable bonds is 43. The number of aromatic nitrogens is 1. The second kappa shape index (κ2) is 47.4. The summed E-state index contributed by atoms with van der Waals surface area (Å²) in [5.41, 5.74) is 6.27. The molecule has 0 aliphatic heterocycles. The molecule has 0 unspecified atom stereocenters. The number of benzene rings is 2. The van der Waals surface area contributed by atoms with Gasteiger partial charge in [0.15, 0.2) is 0 Å². The van der Waals surface area contributed by atoms with Crippen LogP contribution in [0.15, 0.2) is 70.9 Å². The summed E-state index contributed by atoms with van der Waals surface area (Å²) in [7, 11) is 0. The van der Waals surface area contributed by atoms with Crippen LogP contribution in [-0.2, 0) is 17.1 Å². The van der Waals surface area contributed by atoms with Gasteiger partial charge >= 0.3 is 0 Å². The molecule has 392 valence electrons. The summed E-state index contributed by atoms with van der Waals surface area (Å²) in [5.74, 6) is 1.90. The van der Waals surface area contributed by atoms with Crippen LogP contribution in [0.25, 0.3) is 0 Å². The Kier molecular flexibility index (Phi) is 44.0. The average molecular weight is 991 g/mol. The summed E-state index contributed by atoms with van der Waals surface area (Å²) in [6, 6.07) is 16.3. The summed E-state index contributed by atoms with van der Waals surface area (Å²) in [4.78, 5) is 13.2. The van der Waals surface area contributed by atoms with Crippen molar-refractivity contribution in [3.8, 4) is 11.5 Å². The predicted molar refractivity (Wildman–Crippen MR) is 300 cm³/mol. The molecule has 3 rings (SSSR count). The molecule has 0 spiro atoms. The predicted octanol–water partition coefficient (Wildman–Crippen LogP) is 21.0. The first-order chi connectivity index (χ1) is 33.5. The van der Waals surface area contributed by atoms with Gasteiger partial charge in [-0.3, -0.25) is 9.98 Å². The van der Waals surface area contributed by atoms with E-state index >= 15 is 0 Å². The van der Waals surface area contributed by atoms with E-state index < -0.39 is 0 Å². The van der Waals surface area contributed by atoms with Crippen LogP contribution in [0.2, 0.25) is 0 Å². The molecule has 0 saturated heterocycles. The normalized spacial score (nSPS) is 11.4. The first-order valence-electron chi connectivity index (χ1n) is 28.8. The average Bonchev–Trinajstić information content (AvgIpc) is 3.35. The number of aryl methyl sites for hydroxylation is 2. The number of ether oxygens (including phenoxy) is 2. The van der Waals surface area contributed by atoms with E-state index in [0.29, 0.717) is 0 Å². The number of pyridine rings is 1. The Bertz CT molecular complexity index is 1640. The molecule has 0 N–H and O–H groups in total. The SMILES string of the molecule is CCCCCCCCCCCCCCCCCCCCOc1ccc(N=C(C)c2cccnc2)c(C)c1.C[C-]=Nc1ccc(OCCCCCCCCCCCCCCCCCCCC)cc1C.[Fe]. The molecule has 2 aromatic carbocycles. The molecule has 0 atom stereocenters. The van der Waals surface area contributed by atoms with Gasteiger partial charge in [0.1, 0.15) is 11.5 Å². The van der Waals surface area contributed by atoms with Crippen molar-refractivity contribution in [2.45, 2.75) is 273 Å². The van der Waals surface area contributed by atoms with Gasteiger partial charge in [-0.2, -0.15) is 6.21 Å². The van der Waals surface area contributed by atoms with Gasteiger partial charge in [-0.05, 0) is 68.7 Å². The molecule has 0 bridgehead atoms. The maximum absolute atomic E-state index is 6.00. The smallest absolute Gasteiger partial charge is 0.119 e. The fraction of sp³-hybridized carbons (Fsp3) is 0.698. The quantitative estimate of drug-likeness (QED) is 0.0246. The van der Waals surface area contributed by atoms with Crippen LogP contribution in [0.3, 0.4) is 0 Å². The van der Waals surface area contributed by atoms with E-state index in [1.807, 2.05) is 50.4 Å². The third-order valence-electron chi connectivity index (χ3n) is 13.5. The number of unbranched alkanes of at least 4 members (excludes halogenated alkanes) is 34. The van der Waals surface area contributed by atoms with Crippen molar-refractivity contribution in [2.75, 3.05) is 13.2 Å². The number of nitrogens with zero attached hydrogens (tertiary/aromatic N) is 3. The molecular formula is C63H104FeN3O2-. The van der Waals surface area contributed by atoms with E-state index in [9.17, 15) is 0 Å². The van der Waals surface area contributed by atoms with E-state index in [0.717, 1.165) is 71.3 Å². The molecule has 0 amide bonds. The second-order valence-electron chi connectivity index (χ2n) is 19.9. The summed E-state index contributed by atoms with van der Waals surface area (Å²) in [6.45, 7) is 14.2. The second-order valence-corrected chi connectivity index (χ2v) is 19.9. The Labute approximate surface area is 437 Å². The molecule has 0 radical (unpaired) electrons. The molecule has 0 fully saturated rings. The van der Waals surface area contributed by atoms with Gasteiger partial charge in [-0.25, -0.2) is 0 Å². The van der Waals surface area contributed by atoms with Gasteiger partial charge in [0.2, 0.25) is 0 Å². The Morgan fingerprint density at radius 3 is 1.10 bits per heavy atom. The Morgan fingerprint density at radius 2 is 0.797 bits per heavy atom. The standard InChI is InChI=1S/C34H54N2O.C29H50NO.Fe/c1-4-5-6-7-8-9-10-11-12-13-14-15-16-17-18-19-20-21-27-37-33-24-25-34(30(2)28-33)36-31(3)32-23-22-26-35-29-32;1-4-6-7-8-9-10-11-12-13-14-15-16-17-18-19-20-21-22-25-31-28-23-24-29(30-5-2)27(3)26-28;/h22-26,28-29H,4-21,27H2,1-3H3;23-24,26H,4,6-22,25H2,1-3H3;/q;-1;. The van der Waals surface area contributed by atoms with Gasteiger partial charge in [0.25, 0.3) is 0 Å². The summed E-state index contributed by atoms with van der Waals surface area (Å²) in [6.07, 6.45) is 57.1. The number of hydrogen-bond acceptors (Lipinski definition) is 5. The van der Waals surface area contributed by atoms with E-state index in [-0.39, 0.29) is 17.1 Å². The molecule has 1 heterocycles. The topological polar surface area (TPSA) is 56.1 Å². The minimum absolute atomic E-state index is 0. The molecule has 0 aliphatic carbocycles. The summed E-state index contributed by atoms with van der Waals surface area (Å²) < 4.78 is 11.9. The molecular weight excluding hydrogens is 887 g/mol. The maximum atomic E-state index is 6.00. The fourth-order valence-electron chi connectivity index (χ4n) is 9.02. The van der Waals surface area contributed by atoms with Crippen LogP contribution in [0.4, 0.5) is 11.4 Å². The van der Waals surface area contributed by atoms with E-state index in [4.69, 9.17) is 14.5 Å². The van der Waals surface area contributed by atoms with Crippen LogP contribution in [0, 0.1) is 13.8 Å². The zero-order valence-electron chi connectivity index (χ0n) is 45.7. The Balaban J connectivity index is 0.000000691. The van der Waals surface area contributed by atoms with Crippen LogP contribution in [0.5, 0.6) is 11.5 Å². The third-order valence-corrected chi connectivity index (χ3v) is 13.5. The Morgan fingerprint density at radius 1 is 0.464 bits per heavy atom. The van der Waals surface area contributed by atoms with Crippen molar-refractivity contribution >= 4 is 23.3 Å². The van der Waals surface area contributed by atoms with Gasteiger partial charge in [-0.1, -0.05) is 251 Å². The van der Waals surface area contributed by atoms with Gasteiger partial charge in [0.05, 0.1) is 18.9 Å². The molecule has 1 aromatic heterocycles. The van der Waals surface area contributed by atoms with E-state index in [2.05, 4.69) is 62.1 Å². The van der Waals surface area contributed by atoms with Crippen molar-refractivity contribution < 1.29 is 26.5 Å². The van der Waals surface area contributed by atoms with Crippen molar-refractivity contribution in [3.63, 3.8) is 0 Å². The van der Waals surface area contributed by atoms with Crippen molar-refractivity contribution in [3.05, 3.63) is 77.6 Å². The van der Waals surface area contributed by atoms with Crippen LogP contribution < -0.4 is 9.47 Å². The van der Waals surface area contributed by atoms with Crippen LogP contribution >= 0.6 is 0 Å². The number of aliphatic imine (C=N–C) groups is 2. The molecule has 3 aromatic rings. The van der Waals surface area contributed by atoms with E-state index in [1.165, 1.54) is 218 Å². The molecule has 6 heteroatoms. The minimum atomic E-state index is 0. The molecule has 0 saturated carbocycles. The van der Waals surface area contributed by atoms with E-state index in [1.54, 1.807) is 6.20 Å². The zero-order chi connectivity index (χ0) is 48.8. The minimum Gasteiger partial charge on any atom is -0.494 e. The van der Waals surface area contributed by atoms with Crippen LogP contribution in [0.1, 0.15) is 276 Å². The van der Waals surface area contributed by atoms with Gasteiger partial charge in [0, 0.05) is 40.7 Å². The summed E-state index contributed by atoms with van der Waals surface area (Å²) in [5, 5.41) is 0. The van der Waals surface area contributed by atoms with Crippen molar-refractivity contribution in [1.29, 1.82) is 0 Å². The molecule has 5 nitrogen and oxygen atoms in total. The zero-order valence-corrected chi connectivity index (χ0v) is 46.8. The van der Waals surface area contributed by atoms with Crippen LogP contribution in [-0.4, -0.2) is 30.1 Å². The Hall–Kier alpha value is -2.95. The maximum Gasteiger partial charge on any atom is 0.119 e. The first-order valence-corrected chi connectivity index (χ1v) is 28.8. The third kappa shape index (κ3) is 36.6.